The first-order valence-electron chi connectivity index (χ1n) is 6.82. The van der Waals surface area contributed by atoms with Gasteiger partial charge in [-0.1, -0.05) is 12.1 Å². The van der Waals surface area contributed by atoms with E-state index in [-0.39, 0.29) is 12.1 Å². The minimum absolute atomic E-state index is 0.200. The van der Waals surface area contributed by atoms with E-state index in [0.717, 1.165) is 11.3 Å². The first-order chi connectivity index (χ1) is 10.2. The lowest BCUT2D eigenvalue weighted by atomic mass is 10.1. The predicted octanol–water partition coefficient (Wildman–Crippen LogP) is 1.80. The third-order valence-corrected chi connectivity index (χ3v) is 3.50. The highest BCUT2D eigenvalue weighted by Gasteiger charge is 2.12. The SMILES string of the molecule is CC(NC(C)c1cccc(-n2cnnn2)c1)c1cn[nH]c1. The topological polar surface area (TPSA) is 84.3 Å². The van der Waals surface area contributed by atoms with Crippen LogP contribution in [-0.2, 0) is 0 Å². The Hall–Kier alpha value is -2.54. The van der Waals surface area contributed by atoms with Gasteiger partial charge >= 0.3 is 0 Å². The zero-order chi connectivity index (χ0) is 14.7. The highest BCUT2D eigenvalue weighted by molar-refractivity contribution is 5.35. The Morgan fingerprint density at radius 2 is 2.05 bits per heavy atom. The van der Waals surface area contributed by atoms with Gasteiger partial charge in [-0.25, -0.2) is 4.68 Å². The normalized spacial score (nSPS) is 14.0. The molecule has 2 aromatic heterocycles. The van der Waals surface area contributed by atoms with Crippen molar-refractivity contribution in [2.75, 3.05) is 0 Å². The van der Waals surface area contributed by atoms with Crippen LogP contribution < -0.4 is 5.32 Å². The number of aromatic nitrogens is 6. The minimum atomic E-state index is 0.200. The quantitative estimate of drug-likeness (QED) is 0.746. The van der Waals surface area contributed by atoms with E-state index in [2.05, 4.69) is 57.0 Å². The minimum Gasteiger partial charge on any atom is -0.304 e. The fraction of sp³-hybridized carbons (Fsp3) is 0.286. The standard InChI is InChI=1S/C14H17N7/c1-10(18-11(2)13-7-15-16-8-13)12-4-3-5-14(6-12)21-9-17-19-20-21/h3-11,18H,1-2H3,(H,15,16). The van der Waals surface area contributed by atoms with Crippen LogP contribution in [0.1, 0.15) is 37.1 Å². The van der Waals surface area contributed by atoms with Crippen molar-refractivity contribution in [1.29, 1.82) is 0 Å². The van der Waals surface area contributed by atoms with Crippen molar-refractivity contribution in [1.82, 2.24) is 35.7 Å². The van der Waals surface area contributed by atoms with Gasteiger partial charge in [-0.3, -0.25) is 5.10 Å². The van der Waals surface area contributed by atoms with Crippen LogP contribution in [0.2, 0.25) is 0 Å². The van der Waals surface area contributed by atoms with Gasteiger partial charge in [-0.05, 0) is 42.0 Å². The second-order valence-corrected chi connectivity index (χ2v) is 4.99. The lowest BCUT2D eigenvalue weighted by Crippen LogP contribution is -2.22. The van der Waals surface area contributed by atoms with Crippen molar-refractivity contribution in [2.24, 2.45) is 0 Å². The smallest absolute Gasteiger partial charge is 0.143 e. The molecule has 0 amide bonds. The molecule has 2 heterocycles. The highest BCUT2D eigenvalue weighted by Crippen LogP contribution is 2.20. The summed E-state index contributed by atoms with van der Waals surface area (Å²) in [4.78, 5) is 0. The summed E-state index contributed by atoms with van der Waals surface area (Å²) in [5.41, 5.74) is 3.26. The molecule has 108 valence electrons. The Bertz CT molecular complexity index is 675. The molecule has 3 rings (SSSR count). The molecule has 0 spiro atoms. The summed E-state index contributed by atoms with van der Waals surface area (Å²) in [6.07, 6.45) is 5.33. The van der Waals surface area contributed by atoms with Gasteiger partial charge in [0, 0.05) is 23.8 Å². The summed E-state index contributed by atoms with van der Waals surface area (Å²) in [5.74, 6) is 0. The Kier molecular flexibility index (Phi) is 3.74. The van der Waals surface area contributed by atoms with Gasteiger partial charge in [0.1, 0.15) is 6.33 Å². The predicted molar refractivity (Wildman–Crippen MR) is 77.7 cm³/mol. The number of tetrazole rings is 1. The van der Waals surface area contributed by atoms with Crippen LogP contribution in [-0.4, -0.2) is 30.4 Å². The fourth-order valence-corrected chi connectivity index (χ4v) is 2.28. The molecule has 7 heteroatoms. The summed E-state index contributed by atoms with van der Waals surface area (Å²) in [5, 5.41) is 21.6. The lowest BCUT2D eigenvalue weighted by Gasteiger charge is -2.20. The molecule has 0 saturated carbocycles. The van der Waals surface area contributed by atoms with Crippen LogP contribution in [0, 0.1) is 0 Å². The molecule has 3 aromatic rings. The third kappa shape index (κ3) is 2.97. The van der Waals surface area contributed by atoms with E-state index in [0.29, 0.717) is 0 Å². The van der Waals surface area contributed by atoms with E-state index in [1.165, 1.54) is 5.56 Å². The zero-order valence-electron chi connectivity index (χ0n) is 11.9. The maximum atomic E-state index is 3.98. The average molecular weight is 283 g/mol. The molecular weight excluding hydrogens is 266 g/mol. The van der Waals surface area contributed by atoms with Crippen LogP contribution in [0.3, 0.4) is 0 Å². The number of nitrogens with zero attached hydrogens (tertiary/aromatic N) is 5. The molecular formula is C14H17N7. The molecule has 2 atom stereocenters. The third-order valence-electron chi connectivity index (χ3n) is 3.50. The molecule has 0 fully saturated rings. The number of rotatable bonds is 5. The van der Waals surface area contributed by atoms with Gasteiger partial charge in [0.25, 0.3) is 0 Å². The van der Waals surface area contributed by atoms with Gasteiger partial charge in [0.2, 0.25) is 0 Å². The van der Waals surface area contributed by atoms with Gasteiger partial charge in [-0.2, -0.15) is 5.10 Å². The summed E-state index contributed by atoms with van der Waals surface area (Å²) < 4.78 is 1.65. The Labute approximate surface area is 122 Å². The Balaban J connectivity index is 1.76. The van der Waals surface area contributed by atoms with Crippen LogP contribution in [0.4, 0.5) is 0 Å². The van der Waals surface area contributed by atoms with Crippen LogP contribution in [0.25, 0.3) is 5.69 Å². The zero-order valence-corrected chi connectivity index (χ0v) is 11.9. The van der Waals surface area contributed by atoms with Crippen molar-refractivity contribution in [3.8, 4) is 5.69 Å². The van der Waals surface area contributed by atoms with Crippen molar-refractivity contribution < 1.29 is 0 Å². The van der Waals surface area contributed by atoms with Crippen molar-refractivity contribution >= 4 is 0 Å². The Morgan fingerprint density at radius 1 is 1.19 bits per heavy atom. The van der Waals surface area contributed by atoms with E-state index < -0.39 is 0 Å². The molecule has 0 aliphatic heterocycles. The summed E-state index contributed by atoms with van der Waals surface area (Å²) >= 11 is 0. The number of aromatic amines is 1. The Morgan fingerprint density at radius 3 is 2.76 bits per heavy atom. The number of hydrogen-bond acceptors (Lipinski definition) is 5. The number of benzene rings is 1. The van der Waals surface area contributed by atoms with Crippen molar-refractivity contribution in [2.45, 2.75) is 25.9 Å². The van der Waals surface area contributed by atoms with Crippen molar-refractivity contribution in [3.63, 3.8) is 0 Å². The molecule has 0 aliphatic carbocycles. The van der Waals surface area contributed by atoms with E-state index in [1.54, 1.807) is 11.0 Å². The van der Waals surface area contributed by atoms with Crippen LogP contribution >= 0.6 is 0 Å². The number of hydrogen-bond donors (Lipinski definition) is 2. The molecule has 0 bridgehead atoms. The average Bonchev–Trinajstić information content (AvgIpc) is 3.20. The maximum absolute atomic E-state index is 3.98. The molecule has 21 heavy (non-hydrogen) atoms. The first kappa shape index (κ1) is 13.4. The monoisotopic (exact) mass is 283 g/mol. The summed E-state index contributed by atoms with van der Waals surface area (Å²) in [6, 6.07) is 8.57. The molecule has 0 aliphatic rings. The first-order valence-corrected chi connectivity index (χ1v) is 6.82. The highest BCUT2D eigenvalue weighted by atomic mass is 15.5. The van der Waals surface area contributed by atoms with E-state index >= 15 is 0 Å². The molecule has 0 saturated heterocycles. The molecule has 2 N–H and O–H groups in total. The fourth-order valence-electron chi connectivity index (χ4n) is 2.28. The second kappa shape index (κ2) is 5.84. The summed E-state index contributed by atoms with van der Waals surface area (Å²) in [6.45, 7) is 4.25. The van der Waals surface area contributed by atoms with Gasteiger partial charge in [0.15, 0.2) is 0 Å². The number of nitrogens with one attached hydrogen (secondary N) is 2. The maximum Gasteiger partial charge on any atom is 0.143 e. The van der Waals surface area contributed by atoms with E-state index in [1.807, 2.05) is 24.5 Å². The van der Waals surface area contributed by atoms with Crippen LogP contribution in [0.15, 0.2) is 43.0 Å². The van der Waals surface area contributed by atoms with Gasteiger partial charge in [0.05, 0.1) is 11.9 Å². The van der Waals surface area contributed by atoms with Gasteiger partial charge < -0.3 is 5.32 Å². The molecule has 1 aromatic carbocycles. The van der Waals surface area contributed by atoms with E-state index in [9.17, 15) is 0 Å². The summed E-state index contributed by atoms with van der Waals surface area (Å²) in [7, 11) is 0. The second-order valence-electron chi connectivity index (χ2n) is 4.99. The molecule has 7 nitrogen and oxygen atoms in total. The lowest BCUT2D eigenvalue weighted by molar-refractivity contribution is 0.494. The molecule has 2 unspecified atom stereocenters. The van der Waals surface area contributed by atoms with E-state index in [4.69, 9.17) is 0 Å². The molecule has 0 radical (unpaired) electrons. The number of H-pyrrole nitrogens is 1. The largest absolute Gasteiger partial charge is 0.304 e. The van der Waals surface area contributed by atoms with Crippen LogP contribution in [0.5, 0.6) is 0 Å². The van der Waals surface area contributed by atoms with Gasteiger partial charge in [-0.15, -0.1) is 5.10 Å². The van der Waals surface area contributed by atoms with Crippen molar-refractivity contribution in [3.05, 3.63) is 54.1 Å².